The van der Waals surface area contributed by atoms with Crippen molar-refractivity contribution in [3.05, 3.63) is 65.2 Å². The van der Waals surface area contributed by atoms with E-state index in [2.05, 4.69) is 10.1 Å². The van der Waals surface area contributed by atoms with Crippen LogP contribution >= 0.6 is 0 Å². The van der Waals surface area contributed by atoms with E-state index in [-0.39, 0.29) is 12.2 Å². The molecule has 1 N–H and O–H groups in total. The van der Waals surface area contributed by atoms with Crippen LogP contribution in [0.3, 0.4) is 0 Å². The molecule has 104 valence electrons. The Morgan fingerprint density at radius 2 is 1.90 bits per heavy atom. The molecule has 2 rings (SSSR count). The molecule has 0 bridgehead atoms. The Labute approximate surface area is 115 Å². The minimum atomic E-state index is -0.942. The first kappa shape index (κ1) is 14.0. The minimum Gasteiger partial charge on any atom is -0.465 e. The molecule has 2 aromatic rings. The smallest absolute Gasteiger partial charge is 0.338 e. The lowest BCUT2D eigenvalue weighted by Gasteiger charge is -2.11. The second-order valence-electron chi connectivity index (χ2n) is 4.10. The maximum absolute atomic E-state index is 13.5. The van der Waals surface area contributed by atoms with Gasteiger partial charge in [-0.25, -0.2) is 13.6 Å². The third-order valence-electron chi connectivity index (χ3n) is 2.84. The van der Waals surface area contributed by atoms with E-state index >= 15 is 0 Å². The van der Waals surface area contributed by atoms with Crippen molar-refractivity contribution in [1.29, 1.82) is 0 Å². The van der Waals surface area contributed by atoms with Crippen molar-refractivity contribution in [3.8, 4) is 0 Å². The van der Waals surface area contributed by atoms with E-state index in [0.29, 0.717) is 11.1 Å². The van der Waals surface area contributed by atoms with Crippen LogP contribution in [0.25, 0.3) is 0 Å². The molecule has 0 saturated heterocycles. The molecule has 0 unspecified atom stereocenters. The predicted molar refractivity (Wildman–Crippen MR) is 71.5 cm³/mol. The fourth-order valence-electron chi connectivity index (χ4n) is 1.81. The fraction of sp³-hybridized carbons (Fsp3) is 0.133. The molecule has 5 heteroatoms. The highest BCUT2D eigenvalue weighted by atomic mass is 19.2. The molecule has 3 nitrogen and oxygen atoms in total. The number of carbonyl (C=O) groups excluding carboxylic acids is 1. The zero-order valence-electron chi connectivity index (χ0n) is 10.8. The van der Waals surface area contributed by atoms with Gasteiger partial charge in [-0.15, -0.1) is 0 Å². The molecule has 0 aliphatic heterocycles. The Kier molecular flexibility index (Phi) is 4.30. The molecule has 0 saturated carbocycles. The molecule has 0 radical (unpaired) electrons. The fourth-order valence-corrected chi connectivity index (χ4v) is 1.81. The minimum absolute atomic E-state index is 0.0460. The molecule has 0 aliphatic rings. The second kappa shape index (κ2) is 6.14. The summed E-state index contributed by atoms with van der Waals surface area (Å²) < 4.78 is 31.2. The summed E-state index contributed by atoms with van der Waals surface area (Å²) in [6.45, 7) is 0.186. The van der Waals surface area contributed by atoms with Crippen molar-refractivity contribution < 1.29 is 18.3 Å². The summed E-state index contributed by atoms with van der Waals surface area (Å²) in [4.78, 5) is 11.6. The van der Waals surface area contributed by atoms with Gasteiger partial charge in [0.25, 0.3) is 0 Å². The predicted octanol–water partition coefficient (Wildman–Crippen LogP) is 3.36. The molecule has 0 aromatic heterocycles. The Hall–Kier alpha value is -2.43. The monoisotopic (exact) mass is 277 g/mol. The maximum Gasteiger partial charge on any atom is 0.338 e. The highest BCUT2D eigenvalue weighted by molar-refractivity contribution is 5.91. The number of hydrogen-bond acceptors (Lipinski definition) is 3. The van der Waals surface area contributed by atoms with Crippen molar-refractivity contribution in [3.63, 3.8) is 0 Å². The molecule has 20 heavy (non-hydrogen) atoms. The topological polar surface area (TPSA) is 38.3 Å². The van der Waals surface area contributed by atoms with Crippen molar-refractivity contribution in [2.24, 2.45) is 0 Å². The normalized spacial score (nSPS) is 10.2. The van der Waals surface area contributed by atoms with E-state index in [0.717, 1.165) is 6.07 Å². The molecular weight excluding hydrogens is 264 g/mol. The Bertz CT molecular complexity index is 629. The van der Waals surface area contributed by atoms with Gasteiger partial charge in [0.05, 0.1) is 18.4 Å². The van der Waals surface area contributed by atoms with Crippen molar-refractivity contribution >= 4 is 11.7 Å². The van der Waals surface area contributed by atoms with Gasteiger partial charge in [0.15, 0.2) is 11.6 Å². The van der Waals surface area contributed by atoms with Gasteiger partial charge in [-0.05, 0) is 23.8 Å². The summed E-state index contributed by atoms with van der Waals surface area (Å²) in [6.07, 6.45) is 0. The number of ether oxygens (including phenoxy) is 1. The number of hydrogen-bond donors (Lipinski definition) is 1. The highest BCUT2D eigenvalue weighted by Gasteiger charge is 2.12. The van der Waals surface area contributed by atoms with Crippen LogP contribution in [0.15, 0.2) is 42.5 Å². The lowest BCUT2D eigenvalue weighted by atomic mass is 10.1. The van der Waals surface area contributed by atoms with Crippen LogP contribution in [0.1, 0.15) is 15.9 Å². The van der Waals surface area contributed by atoms with E-state index in [1.54, 1.807) is 24.3 Å². The van der Waals surface area contributed by atoms with Crippen LogP contribution < -0.4 is 5.32 Å². The molecule has 0 spiro atoms. The van der Waals surface area contributed by atoms with Gasteiger partial charge in [-0.1, -0.05) is 24.3 Å². The van der Waals surface area contributed by atoms with Crippen LogP contribution in [0, 0.1) is 11.6 Å². The van der Waals surface area contributed by atoms with E-state index < -0.39 is 17.6 Å². The molecule has 0 atom stereocenters. The number of methoxy groups -OCH3 is 1. The van der Waals surface area contributed by atoms with Gasteiger partial charge in [0.1, 0.15) is 0 Å². The maximum atomic E-state index is 13.5. The summed E-state index contributed by atoms with van der Waals surface area (Å²) in [5, 5.41) is 2.77. The molecule has 2 aromatic carbocycles. The standard InChI is InChI=1S/C15H13F2NO2/c1-20-15(19)11-6-3-2-5-10(11)9-18-13-8-4-7-12(16)14(13)17/h2-8,18H,9H2,1H3. The Morgan fingerprint density at radius 3 is 2.65 bits per heavy atom. The van der Waals surface area contributed by atoms with Crippen LogP contribution in [0.5, 0.6) is 0 Å². The molecule has 0 heterocycles. The van der Waals surface area contributed by atoms with Gasteiger partial charge < -0.3 is 10.1 Å². The highest BCUT2D eigenvalue weighted by Crippen LogP contribution is 2.18. The van der Waals surface area contributed by atoms with Crippen LogP contribution in [0.4, 0.5) is 14.5 Å². The summed E-state index contributed by atoms with van der Waals surface area (Å²) >= 11 is 0. The largest absolute Gasteiger partial charge is 0.465 e. The average Bonchev–Trinajstić information content (AvgIpc) is 2.48. The van der Waals surface area contributed by atoms with Crippen molar-refractivity contribution in [1.82, 2.24) is 0 Å². The van der Waals surface area contributed by atoms with Crippen molar-refractivity contribution in [2.75, 3.05) is 12.4 Å². The third-order valence-corrected chi connectivity index (χ3v) is 2.84. The summed E-state index contributed by atoms with van der Waals surface area (Å²) in [7, 11) is 1.29. The lowest BCUT2D eigenvalue weighted by Crippen LogP contribution is -2.09. The summed E-state index contributed by atoms with van der Waals surface area (Å²) in [5.74, 6) is -2.33. The van der Waals surface area contributed by atoms with Crippen LogP contribution in [-0.2, 0) is 11.3 Å². The van der Waals surface area contributed by atoms with Crippen LogP contribution in [0.2, 0.25) is 0 Å². The first-order chi connectivity index (χ1) is 9.63. The second-order valence-corrected chi connectivity index (χ2v) is 4.10. The van der Waals surface area contributed by atoms with Gasteiger partial charge in [0, 0.05) is 6.54 Å². The SMILES string of the molecule is COC(=O)c1ccccc1CNc1cccc(F)c1F. The average molecular weight is 277 g/mol. The van der Waals surface area contributed by atoms with Crippen molar-refractivity contribution in [2.45, 2.75) is 6.54 Å². The molecule has 0 aliphatic carbocycles. The van der Waals surface area contributed by atoms with Gasteiger partial charge in [-0.2, -0.15) is 0 Å². The van der Waals surface area contributed by atoms with E-state index in [9.17, 15) is 13.6 Å². The Balaban J connectivity index is 2.19. The van der Waals surface area contributed by atoms with Gasteiger partial charge in [-0.3, -0.25) is 0 Å². The first-order valence-electron chi connectivity index (χ1n) is 5.97. The number of halogens is 2. The van der Waals surface area contributed by atoms with E-state index in [1.165, 1.54) is 19.2 Å². The molecular formula is C15H13F2NO2. The Morgan fingerprint density at radius 1 is 1.15 bits per heavy atom. The number of anilines is 1. The van der Waals surface area contributed by atoms with Crippen LogP contribution in [-0.4, -0.2) is 13.1 Å². The molecule has 0 fully saturated rings. The molecule has 0 amide bonds. The number of benzene rings is 2. The lowest BCUT2D eigenvalue weighted by molar-refractivity contribution is 0.0599. The quantitative estimate of drug-likeness (QED) is 0.871. The zero-order chi connectivity index (χ0) is 14.5. The number of rotatable bonds is 4. The summed E-state index contributed by atoms with van der Waals surface area (Å²) in [6, 6.07) is 10.7. The van der Waals surface area contributed by atoms with Gasteiger partial charge >= 0.3 is 5.97 Å². The van der Waals surface area contributed by atoms with E-state index in [4.69, 9.17) is 0 Å². The number of carbonyl (C=O) groups is 1. The third kappa shape index (κ3) is 2.93. The van der Waals surface area contributed by atoms with Gasteiger partial charge in [0.2, 0.25) is 0 Å². The number of esters is 1. The first-order valence-corrected chi connectivity index (χ1v) is 5.97. The van der Waals surface area contributed by atoms with E-state index in [1.807, 2.05) is 0 Å². The summed E-state index contributed by atoms with van der Waals surface area (Å²) in [5.41, 5.74) is 1.08. The number of nitrogens with one attached hydrogen (secondary N) is 1. The zero-order valence-corrected chi connectivity index (χ0v) is 10.8.